The first-order valence-electron chi connectivity index (χ1n) is 8.39. The van der Waals surface area contributed by atoms with Crippen LogP contribution in [0.5, 0.6) is 0 Å². The van der Waals surface area contributed by atoms with Crippen molar-refractivity contribution in [2.24, 2.45) is 17.3 Å². The lowest BCUT2D eigenvalue weighted by Crippen LogP contribution is -2.55. The van der Waals surface area contributed by atoms with E-state index >= 15 is 0 Å². The van der Waals surface area contributed by atoms with Gasteiger partial charge in [-0.1, -0.05) is 0 Å². The molecule has 5 heteroatoms. The van der Waals surface area contributed by atoms with Crippen LogP contribution in [0.25, 0.3) is 0 Å². The van der Waals surface area contributed by atoms with Crippen LogP contribution >= 0.6 is 0 Å². The number of rotatable bonds is 4. The summed E-state index contributed by atoms with van der Waals surface area (Å²) in [5, 5.41) is 18.8. The molecule has 3 fully saturated rings. The predicted molar refractivity (Wildman–Crippen MR) is 79.7 cm³/mol. The molecule has 0 aromatic carbocycles. The second-order valence-electron chi connectivity index (χ2n) is 7.23. The number of amides is 1. The molecule has 1 amide bonds. The molecule has 2 heterocycles. The maximum absolute atomic E-state index is 11.7. The van der Waals surface area contributed by atoms with E-state index in [0.29, 0.717) is 6.54 Å². The highest BCUT2D eigenvalue weighted by atomic mass is 16.3. The molecule has 1 atom stereocenters. The van der Waals surface area contributed by atoms with Crippen molar-refractivity contribution in [3.05, 3.63) is 0 Å². The molecule has 1 saturated carbocycles. The minimum Gasteiger partial charge on any atom is -0.396 e. The van der Waals surface area contributed by atoms with Crippen LogP contribution in [0, 0.1) is 17.3 Å². The second kappa shape index (κ2) is 6.23. The highest BCUT2D eigenvalue weighted by Gasteiger charge is 2.45. The molecule has 0 aromatic rings. The van der Waals surface area contributed by atoms with Crippen molar-refractivity contribution in [2.45, 2.75) is 32.1 Å². The van der Waals surface area contributed by atoms with Crippen LogP contribution in [0.1, 0.15) is 32.1 Å². The molecule has 1 spiro atoms. The zero-order valence-electron chi connectivity index (χ0n) is 12.8. The lowest BCUT2D eigenvalue weighted by molar-refractivity contribution is -0.141. The maximum atomic E-state index is 11.7. The van der Waals surface area contributed by atoms with E-state index in [-0.39, 0.29) is 23.8 Å². The van der Waals surface area contributed by atoms with Crippen molar-refractivity contribution < 1.29 is 15.0 Å². The Hall–Kier alpha value is -0.650. The minimum atomic E-state index is -0.416. The van der Waals surface area contributed by atoms with Crippen LogP contribution < -0.4 is 0 Å². The summed E-state index contributed by atoms with van der Waals surface area (Å²) in [7, 11) is 0. The molecule has 2 N–H and O–H groups in total. The summed E-state index contributed by atoms with van der Waals surface area (Å²) in [5.41, 5.74) is 0.209. The number of aliphatic hydroxyl groups excluding tert-OH is 2. The maximum Gasteiger partial charge on any atom is 0.248 e. The van der Waals surface area contributed by atoms with E-state index in [1.165, 1.54) is 19.4 Å². The van der Waals surface area contributed by atoms with E-state index in [9.17, 15) is 9.90 Å². The summed E-state index contributed by atoms with van der Waals surface area (Å²) >= 11 is 0. The van der Waals surface area contributed by atoms with Gasteiger partial charge in [-0.2, -0.15) is 0 Å². The highest BCUT2D eigenvalue weighted by molar-refractivity contribution is 5.77. The van der Waals surface area contributed by atoms with Crippen molar-refractivity contribution in [3.63, 3.8) is 0 Å². The highest BCUT2D eigenvalue weighted by Crippen LogP contribution is 2.45. The molecule has 0 unspecified atom stereocenters. The number of piperidine rings is 2. The Kier molecular flexibility index (Phi) is 4.52. The van der Waals surface area contributed by atoms with E-state index in [2.05, 4.69) is 4.90 Å². The Labute approximate surface area is 126 Å². The van der Waals surface area contributed by atoms with Gasteiger partial charge >= 0.3 is 0 Å². The number of carbonyl (C=O) groups is 1. The Morgan fingerprint density at radius 3 is 2.33 bits per heavy atom. The van der Waals surface area contributed by atoms with Gasteiger partial charge in [-0.25, -0.2) is 0 Å². The fourth-order valence-electron chi connectivity index (χ4n) is 4.20. The smallest absolute Gasteiger partial charge is 0.248 e. The third-order valence-electron chi connectivity index (χ3n) is 5.96. The topological polar surface area (TPSA) is 64.0 Å². The molecule has 1 aliphatic carbocycles. The summed E-state index contributed by atoms with van der Waals surface area (Å²) in [6.45, 7) is 4.62. The lowest BCUT2D eigenvalue weighted by Gasteiger charge is -2.51. The minimum absolute atomic E-state index is 0.151. The van der Waals surface area contributed by atoms with Crippen LogP contribution in [0.3, 0.4) is 0 Å². The molecule has 2 aliphatic heterocycles. The van der Waals surface area contributed by atoms with Gasteiger partial charge in [0.2, 0.25) is 5.91 Å². The monoisotopic (exact) mass is 296 g/mol. The standard InChI is InChI=1S/C16H28N2O3/c19-11-14-10-18(15(21)12-20)8-5-16(14)3-6-17(7-4-16)9-13-1-2-13/h13-14,19-20H,1-12H2/t14-/m0/s1. The van der Waals surface area contributed by atoms with Gasteiger partial charge < -0.3 is 20.0 Å². The van der Waals surface area contributed by atoms with Gasteiger partial charge in [0.15, 0.2) is 0 Å². The van der Waals surface area contributed by atoms with Crippen LogP contribution in [0.15, 0.2) is 0 Å². The van der Waals surface area contributed by atoms with E-state index < -0.39 is 6.61 Å². The number of likely N-dealkylation sites (tertiary alicyclic amines) is 2. The normalized spacial score (nSPS) is 29.8. The van der Waals surface area contributed by atoms with Crippen LogP contribution in [0.4, 0.5) is 0 Å². The molecular weight excluding hydrogens is 268 g/mol. The molecule has 0 radical (unpaired) electrons. The summed E-state index contributed by atoms with van der Waals surface area (Å²) in [6, 6.07) is 0. The Bertz CT molecular complexity index is 376. The number of hydrogen-bond acceptors (Lipinski definition) is 4. The quantitative estimate of drug-likeness (QED) is 0.784. The summed E-state index contributed by atoms with van der Waals surface area (Å²) in [4.78, 5) is 16.0. The van der Waals surface area contributed by atoms with Crippen LogP contribution in [-0.2, 0) is 4.79 Å². The second-order valence-corrected chi connectivity index (χ2v) is 7.23. The molecule has 21 heavy (non-hydrogen) atoms. The number of nitrogens with zero attached hydrogens (tertiary/aromatic N) is 2. The van der Waals surface area contributed by atoms with Gasteiger partial charge in [-0.05, 0) is 56.5 Å². The summed E-state index contributed by atoms with van der Waals surface area (Å²) in [6.07, 6.45) is 6.07. The zero-order chi connectivity index (χ0) is 14.9. The predicted octanol–water partition coefficient (Wildman–Crippen LogP) is 0.312. The average Bonchev–Trinajstić information content (AvgIpc) is 3.33. The Balaban J connectivity index is 1.58. The molecule has 3 aliphatic rings. The third-order valence-corrected chi connectivity index (χ3v) is 5.96. The fourth-order valence-corrected chi connectivity index (χ4v) is 4.20. The summed E-state index contributed by atoms with van der Waals surface area (Å²) < 4.78 is 0. The molecule has 0 bridgehead atoms. The van der Waals surface area contributed by atoms with Crippen molar-refractivity contribution in [1.29, 1.82) is 0 Å². The summed E-state index contributed by atoms with van der Waals surface area (Å²) in [5.74, 6) is 0.913. The van der Waals surface area contributed by atoms with Crippen LogP contribution in [-0.4, -0.2) is 71.9 Å². The van der Waals surface area contributed by atoms with E-state index in [1.54, 1.807) is 4.90 Å². The molecule has 120 valence electrons. The molecule has 2 saturated heterocycles. The van der Waals surface area contributed by atoms with Gasteiger partial charge in [0.05, 0.1) is 0 Å². The molecule has 5 nitrogen and oxygen atoms in total. The van der Waals surface area contributed by atoms with Gasteiger partial charge in [0.25, 0.3) is 0 Å². The van der Waals surface area contributed by atoms with Crippen molar-refractivity contribution >= 4 is 5.91 Å². The van der Waals surface area contributed by atoms with Crippen molar-refractivity contribution in [3.8, 4) is 0 Å². The van der Waals surface area contributed by atoms with Gasteiger partial charge in [0.1, 0.15) is 6.61 Å². The number of carbonyl (C=O) groups excluding carboxylic acids is 1. The third kappa shape index (κ3) is 3.25. The molecule has 3 rings (SSSR count). The average molecular weight is 296 g/mol. The lowest BCUT2D eigenvalue weighted by atomic mass is 9.64. The first kappa shape index (κ1) is 15.3. The van der Waals surface area contributed by atoms with Gasteiger partial charge in [-0.3, -0.25) is 4.79 Å². The van der Waals surface area contributed by atoms with E-state index in [0.717, 1.165) is 44.8 Å². The first-order chi connectivity index (χ1) is 10.2. The fraction of sp³-hybridized carbons (Fsp3) is 0.938. The SMILES string of the molecule is O=C(CO)N1CCC2(CCN(CC3CC3)CC2)[C@H](CO)C1. The number of hydrogen-bond donors (Lipinski definition) is 2. The molecule has 0 aromatic heterocycles. The van der Waals surface area contributed by atoms with Crippen molar-refractivity contribution in [1.82, 2.24) is 9.80 Å². The zero-order valence-corrected chi connectivity index (χ0v) is 12.8. The van der Waals surface area contributed by atoms with E-state index in [1.807, 2.05) is 0 Å². The first-order valence-corrected chi connectivity index (χ1v) is 8.39. The largest absolute Gasteiger partial charge is 0.396 e. The van der Waals surface area contributed by atoms with E-state index in [4.69, 9.17) is 5.11 Å². The number of aliphatic hydroxyl groups is 2. The Morgan fingerprint density at radius 1 is 1.10 bits per heavy atom. The molecular formula is C16H28N2O3. The van der Waals surface area contributed by atoms with Crippen LogP contribution in [0.2, 0.25) is 0 Å². The van der Waals surface area contributed by atoms with Crippen molar-refractivity contribution in [2.75, 3.05) is 45.9 Å². The Morgan fingerprint density at radius 2 is 1.76 bits per heavy atom. The van der Waals surface area contributed by atoms with Gasteiger partial charge in [-0.15, -0.1) is 0 Å². The van der Waals surface area contributed by atoms with Gasteiger partial charge in [0, 0.05) is 32.2 Å².